The van der Waals surface area contributed by atoms with Gasteiger partial charge in [0.1, 0.15) is 0 Å². The number of amides is 2. The first kappa shape index (κ1) is 14.4. The van der Waals surface area contributed by atoms with Gasteiger partial charge in [-0.05, 0) is 31.0 Å². The second-order valence-corrected chi connectivity index (χ2v) is 5.17. The monoisotopic (exact) mass is 275 g/mol. The van der Waals surface area contributed by atoms with E-state index in [-0.39, 0.29) is 11.8 Å². The predicted molar refractivity (Wildman–Crippen MR) is 78.4 cm³/mol. The summed E-state index contributed by atoms with van der Waals surface area (Å²) >= 11 is 0. The van der Waals surface area contributed by atoms with Crippen molar-refractivity contribution in [3.05, 3.63) is 29.3 Å². The molecule has 108 valence electrons. The maximum atomic E-state index is 12.6. The minimum atomic E-state index is 0.000187. The number of nitrogens with two attached hydrogens (primary N) is 1. The molecule has 2 amide bonds. The summed E-state index contributed by atoms with van der Waals surface area (Å²) in [5.41, 5.74) is 7.97. The zero-order valence-electron chi connectivity index (χ0n) is 12.1. The van der Waals surface area contributed by atoms with Gasteiger partial charge < -0.3 is 15.5 Å². The van der Waals surface area contributed by atoms with Crippen LogP contribution >= 0.6 is 0 Å². The van der Waals surface area contributed by atoms with Gasteiger partial charge in [-0.3, -0.25) is 9.59 Å². The molecule has 1 aromatic carbocycles. The Labute approximate surface area is 119 Å². The van der Waals surface area contributed by atoms with Crippen LogP contribution in [0.15, 0.2) is 18.2 Å². The standard InChI is InChI=1S/C15H21N3O2/c1-11-13(5-3-6-14(11)16)15(20)18-8-4-7-17(9-10-18)12(2)19/h3,5-6H,4,7-10,16H2,1-2H3. The van der Waals surface area contributed by atoms with Crippen molar-refractivity contribution < 1.29 is 9.59 Å². The van der Waals surface area contributed by atoms with Gasteiger partial charge >= 0.3 is 0 Å². The van der Waals surface area contributed by atoms with Gasteiger partial charge in [0.15, 0.2) is 0 Å². The van der Waals surface area contributed by atoms with E-state index >= 15 is 0 Å². The Morgan fingerprint density at radius 1 is 1.10 bits per heavy atom. The topological polar surface area (TPSA) is 66.6 Å². The van der Waals surface area contributed by atoms with Crippen molar-refractivity contribution in [3.63, 3.8) is 0 Å². The first-order chi connectivity index (χ1) is 9.50. The summed E-state index contributed by atoms with van der Waals surface area (Å²) in [7, 11) is 0. The van der Waals surface area contributed by atoms with Crippen LogP contribution in [0.1, 0.15) is 29.3 Å². The molecule has 1 aliphatic heterocycles. The number of rotatable bonds is 1. The summed E-state index contributed by atoms with van der Waals surface area (Å²) in [4.78, 5) is 27.6. The van der Waals surface area contributed by atoms with Gasteiger partial charge in [-0.15, -0.1) is 0 Å². The van der Waals surface area contributed by atoms with E-state index in [1.807, 2.05) is 17.9 Å². The van der Waals surface area contributed by atoms with Crippen molar-refractivity contribution >= 4 is 17.5 Å². The summed E-state index contributed by atoms with van der Waals surface area (Å²) in [6, 6.07) is 5.41. The number of carbonyl (C=O) groups excluding carboxylic acids is 2. The van der Waals surface area contributed by atoms with Gasteiger partial charge in [-0.25, -0.2) is 0 Å². The molecular weight excluding hydrogens is 254 g/mol. The highest BCUT2D eigenvalue weighted by Crippen LogP contribution is 2.18. The Balaban J connectivity index is 2.13. The molecule has 0 bridgehead atoms. The van der Waals surface area contributed by atoms with Gasteiger partial charge in [0.05, 0.1) is 0 Å². The van der Waals surface area contributed by atoms with E-state index in [2.05, 4.69) is 0 Å². The highest BCUT2D eigenvalue weighted by atomic mass is 16.2. The van der Waals surface area contributed by atoms with Crippen molar-refractivity contribution in [1.29, 1.82) is 0 Å². The van der Waals surface area contributed by atoms with Crippen molar-refractivity contribution in [3.8, 4) is 0 Å². The maximum absolute atomic E-state index is 12.6. The van der Waals surface area contributed by atoms with Crippen LogP contribution < -0.4 is 5.73 Å². The smallest absolute Gasteiger partial charge is 0.254 e. The minimum absolute atomic E-state index is 0.000187. The Bertz CT molecular complexity index is 528. The fraction of sp³-hybridized carbons (Fsp3) is 0.467. The predicted octanol–water partition coefficient (Wildman–Crippen LogP) is 1.27. The third-order valence-electron chi connectivity index (χ3n) is 3.83. The molecule has 0 radical (unpaired) electrons. The fourth-order valence-electron chi connectivity index (χ4n) is 2.49. The summed E-state index contributed by atoms with van der Waals surface area (Å²) in [6.45, 7) is 6.00. The van der Waals surface area contributed by atoms with E-state index in [0.717, 1.165) is 18.5 Å². The molecule has 5 heteroatoms. The molecule has 0 aromatic heterocycles. The lowest BCUT2D eigenvalue weighted by Gasteiger charge is -2.22. The van der Waals surface area contributed by atoms with E-state index in [0.29, 0.717) is 30.9 Å². The van der Waals surface area contributed by atoms with Crippen LogP contribution in [-0.4, -0.2) is 47.8 Å². The average molecular weight is 275 g/mol. The van der Waals surface area contributed by atoms with E-state index in [9.17, 15) is 9.59 Å². The Morgan fingerprint density at radius 2 is 1.75 bits per heavy atom. The zero-order valence-corrected chi connectivity index (χ0v) is 12.1. The maximum Gasteiger partial charge on any atom is 0.254 e. The second-order valence-electron chi connectivity index (χ2n) is 5.17. The highest BCUT2D eigenvalue weighted by Gasteiger charge is 2.22. The molecule has 0 saturated carbocycles. The second kappa shape index (κ2) is 5.94. The molecule has 0 unspecified atom stereocenters. The van der Waals surface area contributed by atoms with Crippen molar-refractivity contribution in [2.75, 3.05) is 31.9 Å². The number of nitrogen functional groups attached to an aromatic ring is 1. The van der Waals surface area contributed by atoms with Crippen molar-refractivity contribution in [1.82, 2.24) is 9.80 Å². The lowest BCUT2D eigenvalue weighted by Crippen LogP contribution is -2.36. The normalized spacial score (nSPS) is 15.9. The number of nitrogens with zero attached hydrogens (tertiary/aromatic N) is 2. The fourth-order valence-corrected chi connectivity index (χ4v) is 2.49. The van der Waals surface area contributed by atoms with E-state index in [4.69, 9.17) is 5.73 Å². The van der Waals surface area contributed by atoms with Crippen LogP contribution in [0.3, 0.4) is 0 Å². The van der Waals surface area contributed by atoms with Crippen LogP contribution in [-0.2, 0) is 4.79 Å². The summed E-state index contributed by atoms with van der Waals surface area (Å²) < 4.78 is 0. The molecule has 2 N–H and O–H groups in total. The van der Waals surface area contributed by atoms with E-state index in [1.54, 1.807) is 24.0 Å². The first-order valence-corrected chi connectivity index (χ1v) is 6.90. The Hall–Kier alpha value is -2.04. The molecule has 1 fully saturated rings. The van der Waals surface area contributed by atoms with Gasteiger partial charge in [0, 0.05) is 44.4 Å². The molecule has 0 spiro atoms. The van der Waals surface area contributed by atoms with E-state index < -0.39 is 0 Å². The molecule has 1 saturated heterocycles. The molecule has 0 aliphatic carbocycles. The third-order valence-corrected chi connectivity index (χ3v) is 3.83. The SMILES string of the molecule is CC(=O)N1CCCN(C(=O)c2cccc(N)c2C)CC1. The molecule has 1 heterocycles. The number of anilines is 1. The number of hydrogen-bond acceptors (Lipinski definition) is 3. The number of carbonyl (C=O) groups is 2. The van der Waals surface area contributed by atoms with Crippen LogP contribution in [0.5, 0.6) is 0 Å². The Kier molecular flexibility index (Phi) is 4.27. The number of benzene rings is 1. The molecule has 1 aromatic rings. The van der Waals surface area contributed by atoms with Gasteiger partial charge in [-0.1, -0.05) is 6.07 Å². The number of hydrogen-bond donors (Lipinski definition) is 1. The van der Waals surface area contributed by atoms with Gasteiger partial charge in [-0.2, -0.15) is 0 Å². The summed E-state index contributed by atoms with van der Waals surface area (Å²) in [5.74, 6) is 0.0691. The Morgan fingerprint density at radius 3 is 2.45 bits per heavy atom. The van der Waals surface area contributed by atoms with Crippen LogP contribution in [0.2, 0.25) is 0 Å². The largest absolute Gasteiger partial charge is 0.398 e. The lowest BCUT2D eigenvalue weighted by molar-refractivity contribution is -0.128. The van der Waals surface area contributed by atoms with Crippen LogP contribution in [0.4, 0.5) is 5.69 Å². The van der Waals surface area contributed by atoms with Gasteiger partial charge in [0.2, 0.25) is 5.91 Å². The third kappa shape index (κ3) is 2.92. The molecule has 20 heavy (non-hydrogen) atoms. The van der Waals surface area contributed by atoms with Gasteiger partial charge in [0.25, 0.3) is 5.91 Å². The zero-order chi connectivity index (χ0) is 14.7. The molecule has 5 nitrogen and oxygen atoms in total. The van der Waals surface area contributed by atoms with Crippen LogP contribution in [0, 0.1) is 6.92 Å². The molecule has 2 rings (SSSR count). The lowest BCUT2D eigenvalue weighted by atomic mass is 10.1. The summed E-state index contributed by atoms with van der Waals surface area (Å²) in [5, 5.41) is 0. The first-order valence-electron chi connectivity index (χ1n) is 6.90. The average Bonchev–Trinajstić information content (AvgIpc) is 2.67. The molecule has 0 atom stereocenters. The minimum Gasteiger partial charge on any atom is -0.398 e. The van der Waals surface area contributed by atoms with Crippen molar-refractivity contribution in [2.24, 2.45) is 0 Å². The van der Waals surface area contributed by atoms with Crippen molar-refractivity contribution in [2.45, 2.75) is 20.3 Å². The highest BCUT2D eigenvalue weighted by molar-refractivity contribution is 5.97. The molecular formula is C15H21N3O2. The molecule has 1 aliphatic rings. The van der Waals surface area contributed by atoms with E-state index in [1.165, 1.54) is 0 Å². The summed E-state index contributed by atoms with van der Waals surface area (Å²) in [6.07, 6.45) is 0.812. The van der Waals surface area contributed by atoms with Crippen LogP contribution in [0.25, 0.3) is 0 Å². The quantitative estimate of drug-likeness (QED) is 0.785.